The van der Waals surface area contributed by atoms with E-state index < -0.39 is 22.5 Å². The second-order valence-electron chi connectivity index (χ2n) is 6.93. The van der Waals surface area contributed by atoms with Gasteiger partial charge in [-0.1, -0.05) is 41.4 Å². The molecule has 0 atom stereocenters. The summed E-state index contributed by atoms with van der Waals surface area (Å²) in [7, 11) is -1.07. The molecule has 0 aliphatic carbocycles. The summed E-state index contributed by atoms with van der Waals surface area (Å²) in [5.74, 6) is 0.375. The number of amides is 1. The smallest absolute Gasteiger partial charge is 0.243 e. The minimum absolute atomic E-state index is 0.00813. The van der Waals surface area contributed by atoms with Gasteiger partial charge >= 0.3 is 0 Å². The maximum atomic E-state index is 13.4. The molecule has 0 aliphatic heterocycles. The fourth-order valence-electron chi connectivity index (χ4n) is 3.05. The van der Waals surface area contributed by atoms with Gasteiger partial charge in [0.15, 0.2) is 0 Å². The number of halogens is 2. The van der Waals surface area contributed by atoms with E-state index in [0.717, 1.165) is 4.31 Å². The number of carbonyl (C=O) groups excluding carboxylic acids is 1. The third-order valence-corrected chi connectivity index (χ3v) is 7.19. The fraction of sp³-hybridized carbons (Fsp3) is 0.174. The van der Waals surface area contributed by atoms with Gasteiger partial charge in [0.1, 0.15) is 11.5 Å². The van der Waals surface area contributed by atoms with Gasteiger partial charge in [-0.3, -0.25) is 4.79 Å². The number of methoxy groups -OCH3 is 2. The molecule has 0 aliphatic rings. The van der Waals surface area contributed by atoms with Crippen molar-refractivity contribution in [2.45, 2.75) is 11.4 Å². The van der Waals surface area contributed by atoms with Crippen molar-refractivity contribution in [1.82, 2.24) is 4.31 Å². The highest BCUT2D eigenvalue weighted by atomic mass is 35.5. The van der Waals surface area contributed by atoms with Crippen molar-refractivity contribution in [2.24, 2.45) is 0 Å². The Morgan fingerprint density at radius 2 is 1.67 bits per heavy atom. The van der Waals surface area contributed by atoms with Gasteiger partial charge in [-0.2, -0.15) is 4.31 Å². The van der Waals surface area contributed by atoms with Crippen LogP contribution < -0.4 is 14.8 Å². The first-order valence-corrected chi connectivity index (χ1v) is 11.9. The summed E-state index contributed by atoms with van der Waals surface area (Å²) in [6.07, 6.45) is 0. The number of hydrogen-bond acceptors (Lipinski definition) is 5. The van der Waals surface area contributed by atoms with E-state index in [4.69, 9.17) is 32.7 Å². The maximum Gasteiger partial charge on any atom is 0.243 e. The van der Waals surface area contributed by atoms with Crippen LogP contribution in [0.25, 0.3) is 0 Å². The minimum Gasteiger partial charge on any atom is -0.497 e. The second kappa shape index (κ2) is 10.9. The molecule has 3 rings (SSSR count). The first kappa shape index (κ1) is 24.9. The van der Waals surface area contributed by atoms with Crippen LogP contribution in [0.15, 0.2) is 71.6 Å². The first-order chi connectivity index (χ1) is 15.7. The lowest BCUT2D eigenvalue weighted by atomic mass is 10.2. The molecule has 174 valence electrons. The van der Waals surface area contributed by atoms with Gasteiger partial charge < -0.3 is 14.8 Å². The molecule has 1 amide bonds. The molecule has 1 N–H and O–H groups in total. The predicted molar refractivity (Wildman–Crippen MR) is 129 cm³/mol. The third-order valence-electron chi connectivity index (χ3n) is 4.76. The molecule has 0 bridgehead atoms. The van der Waals surface area contributed by atoms with E-state index in [2.05, 4.69) is 5.32 Å². The molecular formula is C23H22Cl2N2O5S. The molecule has 0 aromatic heterocycles. The van der Waals surface area contributed by atoms with Crippen molar-refractivity contribution in [1.29, 1.82) is 0 Å². The van der Waals surface area contributed by atoms with Gasteiger partial charge in [-0.25, -0.2) is 8.42 Å². The standard InChI is InChI=1S/C23H22Cl2N2O5S/c1-31-18-9-12-21(22(13-18)32-2)26-23(28)15-27(14-16-5-3-4-6-20(16)25)33(29,30)19-10-7-17(24)8-11-19/h3-13H,14-15H2,1-2H3,(H,26,28). The molecule has 0 heterocycles. The van der Waals surface area contributed by atoms with Crippen LogP contribution in [0.5, 0.6) is 11.5 Å². The third kappa shape index (κ3) is 6.17. The minimum atomic E-state index is -4.04. The number of nitrogens with one attached hydrogen (secondary N) is 1. The molecule has 3 aromatic rings. The molecule has 0 fully saturated rings. The molecule has 7 nitrogen and oxygen atoms in total. The van der Waals surface area contributed by atoms with E-state index in [0.29, 0.717) is 32.8 Å². The molecule has 0 radical (unpaired) electrons. The zero-order valence-corrected chi connectivity index (χ0v) is 20.2. The van der Waals surface area contributed by atoms with Crippen molar-refractivity contribution in [3.05, 3.63) is 82.3 Å². The Morgan fingerprint density at radius 1 is 0.970 bits per heavy atom. The van der Waals surface area contributed by atoms with E-state index in [1.807, 2.05) is 0 Å². The SMILES string of the molecule is COc1ccc(NC(=O)CN(Cc2ccccc2Cl)S(=O)(=O)c2ccc(Cl)cc2)c(OC)c1. The summed E-state index contributed by atoms with van der Waals surface area (Å²) in [6, 6.07) is 17.5. The molecule has 3 aromatic carbocycles. The Balaban J connectivity index is 1.90. The lowest BCUT2D eigenvalue weighted by Crippen LogP contribution is -2.37. The highest BCUT2D eigenvalue weighted by Gasteiger charge is 2.28. The van der Waals surface area contributed by atoms with Crippen LogP contribution in [0.1, 0.15) is 5.56 Å². The fourth-order valence-corrected chi connectivity index (χ4v) is 4.75. The van der Waals surface area contributed by atoms with E-state index in [1.54, 1.807) is 42.5 Å². The second-order valence-corrected chi connectivity index (χ2v) is 9.71. The van der Waals surface area contributed by atoms with Crippen LogP contribution in [0.4, 0.5) is 5.69 Å². The molecule has 0 unspecified atom stereocenters. The van der Waals surface area contributed by atoms with Crippen molar-refractivity contribution in [3.8, 4) is 11.5 Å². The number of rotatable bonds is 9. The van der Waals surface area contributed by atoms with Crippen LogP contribution in [-0.2, 0) is 21.4 Å². The van der Waals surface area contributed by atoms with Crippen LogP contribution >= 0.6 is 23.2 Å². The van der Waals surface area contributed by atoms with Crippen LogP contribution in [0.2, 0.25) is 10.0 Å². The summed E-state index contributed by atoms with van der Waals surface area (Å²) in [5, 5.41) is 3.49. The number of benzene rings is 3. The van der Waals surface area contributed by atoms with Gasteiger partial charge in [0, 0.05) is 22.7 Å². The van der Waals surface area contributed by atoms with Gasteiger partial charge in [-0.05, 0) is 48.0 Å². The molecule has 0 saturated carbocycles. The molecule has 10 heteroatoms. The van der Waals surface area contributed by atoms with Gasteiger partial charge in [0.25, 0.3) is 0 Å². The van der Waals surface area contributed by atoms with Gasteiger partial charge in [-0.15, -0.1) is 0 Å². The van der Waals surface area contributed by atoms with E-state index >= 15 is 0 Å². The van der Waals surface area contributed by atoms with Crippen LogP contribution in [0, 0.1) is 0 Å². The summed E-state index contributed by atoms with van der Waals surface area (Å²) in [4.78, 5) is 12.9. The first-order valence-electron chi connectivity index (χ1n) is 9.75. The Morgan fingerprint density at radius 3 is 2.30 bits per heavy atom. The number of hydrogen-bond donors (Lipinski definition) is 1. The van der Waals surface area contributed by atoms with Crippen molar-refractivity contribution < 1.29 is 22.7 Å². The lowest BCUT2D eigenvalue weighted by Gasteiger charge is -2.23. The average molecular weight is 509 g/mol. The molecule has 0 spiro atoms. The van der Waals surface area contributed by atoms with Gasteiger partial charge in [0.05, 0.1) is 31.3 Å². The predicted octanol–water partition coefficient (Wildman–Crippen LogP) is 4.84. The number of carbonyl (C=O) groups is 1. The Labute approximate surface area is 202 Å². The van der Waals surface area contributed by atoms with E-state index in [-0.39, 0.29) is 11.4 Å². The summed E-state index contributed by atoms with van der Waals surface area (Å²) in [5.41, 5.74) is 0.941. The number of anilines is 1. The number of ether oxygens (including phenoxy) is 2. The van der Waals surface area contributed by atoms with Crippen LogP contribution in [0.3, 0.4) is 0 Å². The highest BCUT2D eigenvalue weighted by molar-refractivity contribution is 7.89. The van der Waals surface area contributed by atoms with Crippen LogP contribution in [-0.4, -0.2) is 39.4 Å². The lowest BCUT2D eigenvalue weighted by molar-refractivity contribution is -0.116. The molecule has 33 heavy (non-hydrogen) atoms. The maximum absolute atomic E-state index is 13.4. The Kier molecular flexibility index (Phi) is 8.20. The quantitative estimate of drug-likeness (QED) is 0.446. The van der Waals surface area contributed by atoms with Crippen molar-refractivity contribution in [3.63, 3.8) is 0 Å². The Hall–Kier alpha value is -2.78. The average Bonchev–Trinajstić information content (AvgIpc) is 2.80. The monoisotopic (exact) mass is 508 g/mol. The number of nitrogens with zero attached hydrogens (tertiary/aromatic N) is 1. The summed E-state index contributed by atoms with van der Waals surface area (Å²) in [6.45, 7) is -0.552. The zero-order chi connectivity index (χ0) is 24.0. The summed E-state index contributed by atoms with van der Waals surface area (Å²) >= 11 is 12.2. The topological polar surface area (TPSA) is 84.9 Å². The Bertz CT molecular complexity index is 1230. The number of sulfonamides is 1. The normalized spacial score (nSPS) is 11.3. The largest absolute Gasteiger partial charge is 0.497 e. The molecular weight excluding hydrogens is 487 g/mol. The highest BCUT2D eigenvalue weighted by Crippen LogP contribution is 2.29. The van der Waals surface area contributed by atoms with E-state index in [1.165, 1.54) is 38.5 Å². The van der Waals surface area contributed by atoms with Gasteiger partial charge in [0.2, 0.25) is 15.9 Å². The van der Waals surface area contributed by atoms with Crippen molar-refractivity contribution in [2.75, 3.05) is 26.1 Å². The van der Waals surface area contributed by atoms with Crippen molar-refractivity contribution >= 4 is 44.8 Å². The molecule has 0 saturated heterocycles. The zero-order valence-electron chi connectivity index (χ0n) is 17.9. The van der Waals surface area contributed by atoms with E-state index in [9.17, 15) is 13.2 Å². The summed E-state index contributed by atoms with van der Waals surface area (Å²) < 4.78 is 38.3.